The molecule has 0 aromatic carbocycles. The second-order valence-electron chi connectivity index (χ2n) is 8.15. The SMILES string of the molecule is CC(C)CC(NC(=O)C(CCC(=O)O)NC(=O)C(N)CO)C(=O)NC(Cc1cnc[nH]1)C(=O)O. The molecule has 9 N–H and O–H groups in total. The minimum atomic E-state index is -1.34. The summed E-state index contributed by atoms with van der Waals surface area (Å²) in [5, 5.41) is 34.6. The number of nitrogens with two attached hydrogens (primary N) is 1. The lowest BCUT2D eigenvalue weighted by Gasteiger charge is -2.25. The topological polar surface area (TPSA) is 237 Å². The van der Waals surface area contributed by atoms with Gasteiger partial charge in [-0.3, -0.25) is 19.2 Å². The van der Waals surface area contributed by atoms with Crippen molar-refractivity contribution < 1.29 is 39.3 Å². The van der Waals surface area contributed by atoms with Crippen LogP contribution in [0.5, 0.6) is 0 Å². The number of H-pyrrole nitrogens is 1. The Labute approximate surface area is 195 Å². The van der Waals surface area contributed by atoms with Crippen LogP contribution >= 0.6 is 0 Å². The molecule has 14 nitrogen and oxygen atoms in total. The summed E-state index contributed by atoms with van der Waals surface area (Å²) >= 11 is 0. The lowest BCUT2D eigenvalue weighted by atomic mass is 10.0. The van der Waals surface area contributed by atoms with Gasteiger partial charge < -0.3 is 42.0 Å². The molecule has 0 aliphatic heterocycles. The van der Waals surface area contributed by atoms with E-state index >= 15 is 0 Å². The maximum Gasteiger partial charge on any atom is 0.326 e. The first-order valence-corrected chi connectivity index (χ1v) is 10.6. The first-order valence-electron chi connectivity index (χ1n) is 10.6. The van der Waals surface area contributed by atoms with Crippen LogP contribution in [0.25, 0.3) is 0 Å². The Balaban J connectivity index is 2.98. The molecule has 0 saturated heterocycles. The summed E-state index contributed by atoms with van der Waals surface area (Å²) in [5.74, 6) is -5.06. The fourth-order valence-electron chi connectivity index (χ4n) is 2.96. The molecule has 34 heavy (non-hydrogen) atoms. The van der Waals surface area contributed by atoms with Crippen LogP contribution < -0.4 is 21.7 Å². The molecule has 4 unspecified atom stereocenters. The average Bonchev–Trinajstić information content (AvgIpc) is 3.27. The van der Waals surface area contributed by atoms with Crippen molar-refractivity contribution in [2.45, 2.75) is 63.7 Å². The first kappa shape index (κ1) is 28.5. The Bertz CT molecular complexity index is 844. The number of aromatic amines is 1. The molecule has 3 amide bonds. The summed E-state index contributed by atoms with van der Waals surface area (Å²) in [4.78, 5) is 66.9. The summed E-state index contributed by atoms with van der Waals surface area (Å²) in [6.45, 7) is 2.88. The van der Waals surface area contributed by atoms with Crippen LogP contribution in [0, 0.1) is 5.92 Å². The normalized spacial score (nSPS) is 14.5. The van der Waals surface area contributed by atoms with Gasteiger partial charge in [0.05, 0.1) is 12.9 Å². The zero-order valence-corrected chi connectivity index (χ0v) is 19.0. The van der Waals surface area contributed by atoms with E-state index in [0.717, 1.165) is 0 Å². The number of amides is 3. The fourth-order valence-corrected chi connectivity index (χ4v) is 2.96. The van der Waals surface area contributed by atoms with Crippen LogP contribution in [0.1, 0.15) is 38.8 Å². The molecule has 0 bridgehead atoms. The second-order valence-corrected chi connectivity index (χ2v) is 8.15. The van der Waals surface area contributed by atoms with E-state index in [-0.39, 0.29) is 25.2 Å². The van der Waals surface area contributed by atoms with Gasteiger partial charge in [-0.1, -0.05) is 13.8 Å². The zero-order chi connectivity index (χ0) is 25.8. The standard InChI is InChI=1S/C20H32N6O8/c1-10(2)5-14(19(32)26-15(20(33)34)6-11-7-22-9-23-11)25-18(31)13(3-4-16(28)29)24-17(30)12(21)8-27/h7,9-10,12-15,27H,3-6,8,21H2,1-2H3,(H,22,23)(H,24,30)(H,25,31)(H,26,32)(H,28,29)(H,33,34). The maximum atomic E-state index is 12.9. The van der Waals surface area contributed by atoms with Gasteiger partial charge >= 0.3 is 11.9 Å². The molecule has 1 aromatic heterocycles. The number of imidazole rings is 1. The number of aliphatic carboxylic acids is 2. The van der Waals surface area contributed by atoms with E-state index in [4.69, 9.17) is 15.9 Å². The smallest absolute Gasteiger partial charge is 0.326 e. The summed E-state index contributed by atoms with van der Waals surface area (Å²) in [6, 6.07) is -5.13. The van der Waals surface area contributed by atoms with Crippen molar-refractivity contribution in [3.8, 4) is 0 Å². The molecule has 190 valence electrons. The number of aliphatic hydroxyl groups is 1. The Hall–Kier alpha value is -3.52. The Morgan fingerprint density at radius 3 is 2.09 bits per heavy atom. The number of hydrogen-bond donors (Lipinski definition) is 8. The summed E-state index contributed by atoms with van der Waals surface area (Å²) in [7, 11) is 0. The van der Waals surface area contributed by atoms with Crippen molar-refractivity contribution >= 4 is 29.7 Å². The van der Waals surface area contributed by atoms with Crippen LogP contribution in [0.2, 0.25) is 0 Å². The largest absolute Gasteiger partial charge is 0.481 e. The Morgan fingerprint density at radius 2 is 1.59 bits per heavy atom. The highest BCUT2D eigenvalue weighted by molar-refractivity contribution is 5.94. The van der Waals surface area contributed by atoms with Crippen LogP contribution in [-0.4, -0.2) is 85.7 Å². The third-order valence-corrected chi connectivity index (χ3v) is 4.75. The van der Waals surface area contributed by atoms with Gasteiger partial charge in [-0.2, -0.15) is 0 Å². The van der Waals surface area contributed by atoms with Crippen molar-refractivity contribution in [2.24, 2.45) is 11.7 Å². The van der Waals surface area contributed by atoms with E-state index in [1.165, 1.54) is 12.5 Å². The van der Waals surface area contributed by atoms with E-state index in [9.17, 15) is 29.1 Å². The Morgan fingerprint density at radius 1 is 1.00 bits per heavy atom. The van der Waals surface area contributed by atoms with Gasteiger partial charge in [0.25, 0.3) is 0 Å². The lowest BCUT2D eigenvalue weighted by molar-refractivity contribution is -0.142. The average molecular weight is 485 g/mol. The molecule has 0 aliphatic carbocycles. The minimum Gasteiger partial charge on any atom is -0.481 e. The number of hydrogen-bond acceptors (Lipinski definition) is 8. The van der Waals surface area contributed by atoms with E-state index < -0.39 is 66.9 Å². The van der Waals surface area contributed by atoms with Crippen molar-refractivity contribution in [3.63, 3.8) is 0 Å². The molecular formula is C20H32N6O8. The molecule has 1 aromatic rings. The van der Waals surface area contributed by atoms with Gasteiger partial charge in [-0.05, 0) is 18.8 Å². The van der Waals surface area contributed by atoms with E-state index in [1.807, 2.05) is 0 Å². The van der Waals surface area contributed by atoms with E-state index in [2.05, 4.69) is 25.9 Å². The van der Waals surface area contributed by atoms with Crippen LogP contribution in [0.3, 0.4) is 0 Å². The molecule has 0 fully saturated rings. The first-order chi connectivity index (χ1) is 15.9. The molecule has 14 heteroatoms. The van der Waals surface area contributed by atoms with Crippen LogP contribution in [0.4, 0.5) is 0 Å². The van der Waals surface area contributed by atoms with Crippen molar-refractivity contribution in [2.75, 3.05) is 6.61 Å². The second kappa shape index (κ2) is 13.9. The van der Waals surface area contributed by atoms with Gasteiger partial charge in [-0.15, -0.1) is 0 Å². The highest BCUT2D eigenvalue weighted by Crippen LogP contribution is 2.08. The minimum absolute atomic E-state index is 0.0697. The number of carbonyl (C=O) groups excluding carboxylic acids is 3. The number of nitrogens with zero attached hydrogens (tertiary/aromatic N) is 1. The Kier molecular flexibility index (Phi) is 11.7. The number of rotatable bonds is 15. The number of carbonyl (C=O) groups is 5. The van der Waals surface area contributed by atoms with Gasteiger partial charge in [0, 0.05) is 24.7 Å². The predicted molar refractivity (Wildman–Crippen MR) is 117 cm³/mol. The third-order valence-electron chi connectivity index (χ3n) is 4.75. The van der Waals surface area contributed by atoms with Crippen LogP contribution in [0.15, 0.2) is 12.5 Å². The summed E-state index contributed by atoms with van der Waals surface area (Å²) in [5.41, 5.74) is 5.92. The third kappa shape index (κ3) is 9.95. The molecule has 4 atom stereocenters. The van der Waals surface area contributed by atoms with Gasteiger partial charge in [0.1, 0.15) is 24.2 Å². The van der Waals surface area contributed by atoms with Crippen molar-refractivity contribution in [1.29, 1.82) is 0 Å². The monoisotopic (exact) mass is 484 g/mol. The van der Waals surface area contributed by atoms with E-state index in [1.54, 1.807) is 13.8 Å². The van der Waals surface area contributed by atoms with Gasteiger partial charge in [0.2, 0.25) is 17.7 Å². The molecule has 1 rings (SSSR count). The number of carboxylic acids is 2. The van der Waals surface area contributed by atoms with Crippen molar-refractivity contribution in [1.82, 2.24) is 25.9 Å². The zero-order valence-electron chi connectivity index (χ0n) is 19.0. The van der Waals surface area contributed by atoms with Crippen molar-refractivity contribution in [3.05, 3.63) is 18.2 Å². The van der Waals surface area contributed by atoms with E-state index in [0.29, 0.717) is 5.69 Å². The maximum absolute atomic E-state index is 12.9. The quantitative estimate of drug-likeness (QED) is 0.133. The van der Waals surface area contributed by atoms with Gasteiger partial charge in [-0.25, -0.2) is 9.78 Å². The van der Waals surface area contributed by atoms with Gasteiger partial charge in [0.15, 0.2) is 0 Å². The molecular weight excluding hydrogens is 452 g/mol. The molecule has 0 aliphatic rings. The molecule has 1 heterocycles. The lowest BCUT2D eigenvalue weighted by Crippen LogP contribution is -2.57. The highest BCUT2D eigenvalue weighted by Gasteiger charge is 2.31. The number of nitrogens with one attached hydrogen (secondary N) is 4. The van der Waals surface area contributed by atoms with Crippen LogP contribution in [-0.2, 0) is 30.4 Å². The summed E-state index contributed by atoms with van der Waals surface area (Å²) < 4.78 is 0. The molecule has 0 radical (unpaired) electrons. The molecule has 0 saturated carbocycles. The summed E-state index contributed by atoms with van der Waals surface area (Å²) in [6.07, 6.45) is 2.11. The molecule has 0 spiro atoms. The number of aliphatic hydroxyl groups excluding tert-OH is 1. The number of carboxylic acid groups (broad SMARTS) is 2. The predicted octanol–water partition coefficient (Wildman–Crippen LogP) is -2.28. The fraction of sp³-hybridized carbons (Fsp3) is 0.600. The number of aromatic nitrogens is 2. The highest BCUT2D eigenvalue weighted by atomic mass is 16.4.